The number of urea groups is 1. The molecule has 1 heterocycles. The van der Waals surface area contributed by atoms with Crippen LogP contribution in [0.1, 0.15) is 11.7 Å². The smallest absolute Gasteiger partial charge is 0.364 e. The zero-order valence-corrected chi connectivity index (χ0v) is 16.9. The van der Waals surface area contributed by atoms with E-state index in [0.29, 0.717) is 35.9 Å². The van der Waals surface area contributed by atoms with Crippen molar-refractivity contribution < 1.29 is 14.5 Å². The molecule has 0 atom stereocenters. The summed E-state index contributed by atoms with van der Waals surface area (Å²) in [5, 5.41) is 28.5. The van der Waals surface area contributed by atoms with Gasteiger partial charge in [0, 0.05) is 37.0 Å². The topological polar surface area (TPSA) is 189 Å². The van der Waals surface area contributed by atoms with Crippen molar-refractivity contribution in [3.05, 3.63) is 70.5 Å². The van der Waals surface area contributed by atoms with Gasteiger partial charge < -0.3 is 21.5 Å². The first-order valence-electron chi connectivity index (χ1n) is 9.49. The van der Waals surface area contributed by atoms with E-state index in [9.17, 15) is 14.9 Å². The molecule has 3 rings (SSSR count). The lowest BCUT2D eigenvalue weighted by atomic mass is 10.3. The summed E-state index contributed by atoms with van der Waals surface area (Å²) in [5.41, 5.74) is 12.6. The van der Waals surface area contributed by atoms with Crippen LogP contribution in [0.2, 0.25) is 0 Å². The summed E-state index contributed by atoms with van der Waals surface area (Å²) in [7, 11) is 0. The molecule has 3 aromatic rings. The minimum atomic E-state index is -0.710. The molecule has 0 saturated carbocycles. The van der Waals surface area contributed by atoms with Gasteiger partial charge in [0.2, 0.25) is 0 Å². The monoisotopic (exact) mass is 439 g/mol. The van der Waals surface area contributed by atoms with Crippen molar-refractivity contribution in [2.75, 3.05) is 18.4 Å². The van der Waals surface area contributed by atoms with Crippen LogP contribution >= 0.6 is 0 Å². The number of nitro benzene ring substituents is 1. The number of nitrogens with two attached hydrogens (primary N) is 2. The Morgan fingerprint density at radius 3 is 2.66 bits per heavy atom. The highest BCUT2D eigenvalue weighted by Gasteiger charge is 2.10. The molecule has 1 aromatic heterocycles. The van der Waals surface area contributed by atoms with E-state index in [1.807, 2.05) is 0 Å². The first-order valence-corrected chi connectivity index (χ1v) is 9.49. The number of carbonyl (C=O) groups excluding carboxylic acids is 1. The fourth-order valence-corrected chi connectivity index (χ4v) is 2.58. The predicted octanol–water partition coefficient (Wildman–Crippen LogP) is 2.54. The predicted molar refractivity (Wildman–Crippen MR) is 115 cm³/mol. The summed E-state index contributed by atoms with van der Waals surface area (Å²) in [5.74, 6) is 0.499. The van der Waals surface area contributed by atoms with E-state index in [4.69, 9.17) is 16.2 Å². The zero-order chi connectivity index (χ0) is 22.9. The Morgan fingerprint density at radius 2 is 1.97 bits per heavy atom. The molecule has 0 aliphatic heterocycles. The molecule has 0 fully saturated rings. The standard InChI is InChI=1S/C19H21N9O4/c20-9-17(10-21)27-11-15(24-26-27)12-32-18-3-1-2-14(8-18)22-19(29)25-23-13-4-6-16(7-5-13)28(30)31/h1-8,11,17H,9-10,12,20-21H2,(H,22,29). The Hall–Kier alpha value is -4.23. The van der Waals surface area contributed by atoms with Crippen LogP contribution in [-0.4, -0.2) is 39.0 Å². The molecule has 0 radical (unpaired) electrons. The number of ether oxygens (including phenoxy) is 1. The number of amides is 2. The van der Waals surface area contributed by atoms with E-state index in [-0.39, 0.29) is 18.3 Å². The van der Waals surface area contributed by atoms with Crippen LogP contribution in [0.4, 0.5) is 21.9 Å². The summed E-state index contributed by atoms with van der Waals surface area (Å²) in [6, 6.07) is 11.2. The molecular formula is C19H21N9O4. The summed E-state index contributed by atoms with van der Waals surface area (Å²) < 4.78 is 7.30. The largest absolute Gasteiger partial charge is 0.487 e. The lowest BCUT2D eigenvalue weighted by Crippen LogP contribution is -2.27. The lowest BCUT2D eigenvalue weighted by molar-refractivity contribution is -0.384. The van der Waals surface area contributed by atoms with Gasteiger partial charge in [-0.1, -0.05) is 16.4 Å². The van der Waals surface area contributed by atoms with Gasteiger partial charge in [-0.05, 0) is 24.3 Å². The van der Waals surface area contributed by atoms with Crippen molar-refractivity contribution in [2.24, 2.45) is 21.7 Å². The molecule has 5 N–H and O–H groups in total. The number of hydrogen-bond donors (Lipinski definition) is 3. The lowest BCUT2D eigenvalue weighted by Gasteiger charge is -2.10. The fourth-order valence-electron chi connectivity index (χ4n) is 2.58. The van der Waals surface area contributed by atoms with Crippen LogP contribution in [-0.2, 0) is 6.61 Å². The second-order valence-corrected chi connectivity index (χ2v) is 6.54. The van der Waals surface area contributed by atoms with E-state index in [0.717, 1.165) is 0 Å². The molecule has 2 amide bonds. The Labute approximate surface area is 182 Å². The number of azo groups is 1. The molecule has 0 saturated heterocycles. The van der Waals surface area contributed by atoms with Crippen LogP contribution in [0.15, 0.2) is 65.0 Å². The molecule has 0 unspecified atom stereocenters. The molecule has 166 valence electrons. The summed E-state index contributed by atoms with van der Waals surface area (Å²) >= 11 is 0. The number of benzene rings is 2. The molecule has 13 heteroatoms. The maximum Gasteiger partial charge on any atom is 0.364 e. The molecule has 0 aliphatic rings. The maximum atomic E-state index is 12.0. The number of rotatable bonds is 9. The van der Waals surface area contributed by atoms with Gasteiger partial charge in [-0.15, -0.1) is 10.2 Å². The average molecular weight is 439 g/mol. The number of aromatic nitrogens is 3. The summed E-state index contributed by atoms with van der Waals surface area (Å²) in [6.45, 7) is 0.867. The van der Waals surface area contributed by atoms with Crippen LogP contribution in [0.25, 0.3) is 0 Å². The molecule has 32 heavy (non-hydrogen) atoms. The highest BCUT2D eigenvalue weighted by molar-refractivity contribution is 5.89. The molecule has 0 aliphatic carbocycles. The van der Waals surface area contributed by atoms with Crippen LogP contribution in [0.3, 0.4) is 0 Å². The zero-order valence-electron chi connectivity index (χ0n) is 16.9. The molecule has 13 nitrogen and oxygen atoms in total. The third kappa shape index (κ3) is 6.13. The summed E-state index contributed by atoms with van der Waals surface area (Å²) in [4.78, 5) is 22.1. The van der Waals surface area contributed by atoms with Gasteiger partial charge in [-0.2, -0.15) is 0 Å². The number of non-ortho nitro benzene ring substituents is 1. The Bertz CT molecular complexity index is 1090. The quantitative estimate of drug-likeness (QED) is 0.257. The third-order valence-electron chi connectivity index (χ3n) is 4.26. The fraction of sp³-hybridized carbons (Fsp3) is 0.211. The minimum Gasteiger partial charge on any atom is -0.487 e. The average Bonchev–Trinajstić information content (AvgIpc) is 3.26. The highest BCUT2D eigenvalue weighted by Crippen LogP contribution is 2.20. The van der Waals surface area contributed by atoms with Gasteiger partial charge in [0.25, 0.3) is 5.69 Å². The van der Waals surface area contributed by atoms with Gasteiger partial charge in [-0.3, -0.25) is 10.1 Å². The van der Waals surface area contributed by atoms with E-state index in [1.165, 1.54) is 24.3 Å². The minimum absolute atomic E-state index is 0.0775. The van der Waals surface area contributed by atoms with Crippen molar-refractivity contribution in [1.29, 1.82) is 0 Å². The molecule has 0 bridgehead atoms. The van der Waals surface area contributed by atoms with Crippen molar-refractivity contribution in [1.82, 2.24) is 15.0 Å². The number of nitrogens with zero attached hydrogens (tertiary/aromatic N) is 6. The van der Waals surface area contributed by atoms with E-state index >= 15 is 0 Å². The molecule has 2 aromatic carbocycles. The van der Waals surface area contributed by atoms with E-state index in [1.54, 1.807) is 35.1 Å². The number of anilines is 1. The second kappa shape index (κ2) is 10.7. The maximum absolute atomic E-state index is 12.0. The van der Waals surface area contributed by atoms with Crippen molar-refractivity contribution in [2.45, 2.75) is 12.6 Å². The van der Waals surface area contributed by atoms with Gasteiger partial charge in [0.05, 0.1) is 22.8 Å². The van der Waals surface area contributed by atoms with Gasteiger partial charge >= 0.3 is 6.03 Å². The van der Waals surface area contributed by atoms with E-state index in [2.05, 4.69) is 25.9 Å². The number of nitrogens with one attached hydrogen (secondary N) is 1. The van der Waals surface area contributed by atoms with Gasteiger partial charge in [-0.25, -0.2) is 9.48 Å². The SMILES string of the molecule is NCC(CN)n1cc(COc2cccc(NC(=O)N=Nc3ccc([N+](=O)[O-])cc3)c2)nn1. The normalized spacial score (nSPS) is 11.1. The Morgan fingerprint density at radius 1 is 1.22 bits per heavy atom. The van der Waals surface area contributed by atoms with Crippen LogP contribution < -0.4 is 21.5 Å². The second-order valence-electron chi connectivity index (χ2n) is 6.54. The number of hydrogen-bond acceptors (Lipinski definition) is 9. The van der Waals surface area contributed by atoms with Crippen LogP contribution in [0, 0.1) is 10.1 Å². The molecule has 0 spiro atoms. The first-order chi connectivity index (χ1) is 15.5. The number of carbonyl (C=O) groups is 1. The summed E-state index contributed by atoms with van der Waals surface area (Å²) in [6.07, 6.45) is 1.72. The highest BCUT2D eigenvalue weighted by atomic mass is 16.6. The first kappa shape index (κ1) is 22.5. The van der Waals surface area contributed by atoms with Crippen molar-refractivity contribution >= 4 is 23.1 Å². The van der Waals surface area contributed by atoms with Gasteiger partial charge in [0.1, 0.15) is 18.1 Å². The number of nitro groups is 1. The van der Waals surface area contributed by atoms with E-state index < -0.39 is 11.0 Å². The Kier molecular flexibility index (Phi) is 7.51. The third-order valence-corrected chi connectivity index (χ3v) is 4.26. The molecular weight excluding hydrogens is 418 g/mol. The van der Waals surface area contributed by atoms with Crippen LogP contribution in [0.5, 0.6) is 5.75 Å². The van der Waals surface area contributed by atoms with Gasteiger partial charge in [0.15, 0.2) is 0 Å². The van der Waals surface area contributed by atoms with Crippen molar-refractivity contribution in [3.8, 4) is 5.75 Å². The Balaban J connectivity index is 1.55. The van der Waals surface area contributed by atoms with Crippen molar-refractivity contribution in [3.63, 3.8) is 0 Å².